The molecule has 21 heavy (non-hydrogen) atoms. The first-order chi connectivity index (χ1) is 10.2. The number of para-hydroxylation sites is 2. The molecule has 0 spiro atoms. The fourth-order valence-electron chi connectivity index (χ4n) is 2.70. The molecule has 0 fully saturated rings. The van der Waals surface area contributed by atoms with Crippen LogP contribution in [0.2, 0.25) is 0 Å². The summed E-state index contributed by atoms with van der Waals surface area (Å²) in [5.41, 5.74) is 1.73. The van der Waals surface area contributed by atoms with Crippen molar-refractivity contribution in [2.75, 3.05) is 0 Å². The summed E-state index contributed by atoms with van der Waals surface area (Å²) in [5, 5.41) is 21.1. The summed E-state index contributed by atoms with van der Waals surface area (Å²) >= 11 is 0. The van der Waals surface area contributed by atoms with Crippen LogP contribution < -0.4 is 4.74 Å². The highest BCUT2D eigenvalue weighted by Crippen LogP contribution is 2.38. The van der Waals surface area contributed by atoms with Gasteiger partial charge in [-0.15, -0.1) is 0 Å². The van der Waals surface area contributed by atoms with Crippen molar-refractivity contribution < 1.29 is 14.8 Å². The number of aliphatic hydroxyl groups is 1. The summed E-state index contributed by atoms with van der Waals surface area (Å²) in [4.78, 5) is 10.6. The summed E-state index contributed by atoms with van der Waals surface area (Å²) in [7, 11) is 0. The van der Waals surface area contributed by atoms with Gasteiger partial charge in [-0.3, -0.25) is 10.1 Å². The Balaban J connectivity index is 2.00. The third-order valence-corrected chi connectivity index (χ3v) is 3.71. The van der Waals surface area contributed by atoms with E-state index in [0.29, 0.717) is 5.75 Å². The molecule has 1 aliphatic rings. The van der Waals surface area contributed by atoms with E-state index in [4.69, 9.17) is 4.74 Å². The van der Waals surface area contributed by atoms with Gasteiger partial charge >= 0.3 is 5.69 Å². The Morgan fingerprint density at radius 1 is 1.14 bits per heavy atom. The van der Waals surface area contributed by atoms with E-state index in [1.54, 1.807) is 30.3 Å². The van der Waals surface area contributed by atoms with Gasteiger partial charge in [0.25, 0.3) is 0 Å². The number of benzene rings is 2. The largest absolute Gasteiger partial charge is 0.450 e. The van der Waals surface area contributed by atoms with Crippen molar-refractivity contribution in [1.29, 1.82) is 0 Å². The maximum atomic E-state index is 11.0. The molecular weight excluding hydrogens is 270 g/mol. The van der Waals surface area contributed by atoms with Gasteiger partial charge < -0.3 is 9.84 Å². The fourth-order valence-corrected chi connectivity index (χ4v) is 2.70. The summed E-state index contributed by atoms with van der Waals surface area (Å²) in [6.07, 6.45) is 1.94. The van der Waals surface area contributed by atoms with E-state index in [9.17, 15) is 15.2 Å². The monoisotopic (exact) mass is 285 g/mol. The number of hydrogen-bond donors (Lipinski definition) is 1. The smallest absolute Gasteiger partial charge is 0.311 e. The van der Waals surface area contributed by atoms with Gasteiger partial charge in [-0.1, -0.05) is 24.3 Å². The van der Waals surface area contributed by atoms with Crippen LogP contribution in [0.15, 0.2) is 42.5 Å². The highest BCUT2D eigenvalue weighted by Gasteiger charge is 2.22. The summed E-state index contributed by atoms with van der Waals surface area (Å²) < 4.78 is 5.76. The minimum atomic E-state index is -0.483. The lowest BCUT2D eigenvalue weighted by molar-refractivity contribution is -0.385. The van der Waals surface area contributed by atoms with Crippen LogP contribution in [-0.2, 0) is 6.42 Å². The topological polar surface area (TPSA) is 72.6 Å². The van der Waals surface area contributed by atoms with Crippen LogP contribution in [0, 0.1) is 10.1 Å². The summed E-state index contributed by atoms with van der Waals surface area (Å²) in [6, 6.07) is 11.8. The van der Waals surface area contributed by atoms with E-state index in [1.165, 1.54) is 6.07 Å². The molecular formula is C16H15NO4. The molecule has 2 aromatic carbocycles. The molecule has 0 unspecified atom stereocenters. The van der Waals surface area contributed by atoms with Gasteiger partial charge in [0.15, 0.2) is 0 Å². The molecule has 1 atom stereocenters. The van der Waals surface area contributed by atoms with Crippen molar-refractivity contribution in [3.05, 3.63) is 63.7 Å². The van der Waals surface area contributed by atoms with Crippen LogP contribution >= 0.6 is 0 Å². The third kappa shape index (κ3) is 2.60. The highest BCUT2D eigenvalue weighted by molar-refractivity contribution is 5.51. The van der Waals surface area contributed by atoms with E-state index in [1.807, 2.05) is 6.07 Å². The molecule has 0 amide bonds. The van der Waals surface area contributed by atoms with Gasteiger partial charge in [0.2, 0.25) is 5.75 Å². The van der Waals surface area contributed by atoms with Crippen LogP contribution in [0.1, 0.15) is 30.1 Å². The molecule has 1 aliphatic carbocycles. The van der Waals surface area contributed by atoms with Gasteiger partial charge in [-0.2, -0.15) is 0 Å². The van der Waals surface area contributed by atoms with Crippen molar-refractivity contribution >= 4 is 5.69 Å². The predicted molar refractivity (Wildman–Crippen MR) is 77.5 cm³/mol. The first-order valence-electron chi connectivity index (χ1n) is 6.88. The van der Waals surface area contributed by atoms with Crippen molar-refractivity contribution in [3.8, 4) is 11.5 Å². The Morgan fingerprint density at radius 2 is 1.90 bits per heavy atom. The van der Waals surface area contributed by atoms with Gasteiger partial charge in [0.05, 0.1) is 11.0 Å². The maximum Gasteiger partial charge on any atom is 0.311 e. The van der Waals surface area contributed by atoms with Crippen LogP contribution in [0.4, 0.5) is 5.69 Å². The minimum absolute atomic E-state index is 0.0635. The standard InChI is InChI=1S/C16H15NO4/c18-14-8-3-6-12-11(14)5-4-10-15(12)21-16-9-2-1-7-13(16)17(19)20/h1-2,4-5,7,9-10,14,18H,3,6,8H2/t14-/m1/s1. The first kappa shape index (κ1) is 13.6. The maximum absolute atomic E-state index is 11.0. The molecule has 5 heteroatoms. The Kier molecular flexibility index (Phi) is 3.58. The number of rotatable bonds is 3. The Bertz CT molecular complexity index is 684. The SMILES string of the molecule is O=[N+]([O-])c1ccccc1Oc1cccc2c1CCC[C@H]2O. The molecule has 5 nitrogen and oxygen atoms in total. The molecule has 0 aliphatic heterocycles. The average molecular weight is 285 g/mol. The molecule has 0 saturated heterocycles. The number of fused-ring (bicyclic) bond motifs is 1. The zero-order valence-electron chi connectivity index (χ0n) is 11.4. The van der Waals surface area contributed by atoms with Gasteiger partial charge in [-0.05, 0) is 37.0 Å². The van der Waals surface area contributed by atoms with E-state index >= 15 is 0 Å². The third-order valence-electron chi connectivity index (χ3n) is 3.71. The zero-order chi connectivity index (χ0) is 14.8. The van der Waals surface area contributed by atoms with Crippen molar-refractivity contribution in [2.45, 2.75) is 25.4 Å². The van der Waals surface area contributed by atoms with E-state index in [-0.39, 0.29) is 11.4 Å². The Labute approximate surface area is 122 Å². The average Bonchev–Trinajstić information content (AvgIpc) is 2.49. The van der Waals surface area contributed by atoms with E-state index < -0.39 is 11.0 Å². The number of nitrogens with zero attached hydrogens (tertiary/aromatic N) is 1. The van der Waals surface area contributed by atoms with E-state index in [2.05, 4.69) is 0 Å². The fraction of sp³-hybridized carbons (Fsp3) is 0.250. The lowest BCUT2D eigenvalue weighted by atomic mass is 9.89. The van der Waals surface area contributed by atoms with Crippen LogP contribution in [0.25, 0.3) is 0 Å². The van der Waals surface area contributed by atoms with Crippen LogP contribution in [-0.4, -0.2) is 10.0 Å². The molecule has 0 heterocycles. The first-order valence-corrected chi connectivity index (χ1v) is 6.88. The molecule has 108 valence electrons. The van der Waals surface area contributed by atoms with Gasteiger partial charge in [-0.25, -0.2) is 0 Å². The lowest BCUT2D eigenvalue weighted by Gasteiger charge is -2.23. The van der Waals surface area contributed by atoms with Crippen molar-refractivity contribution in [2.24, 2.45) is 0 Å². The second-order valence-electron chi connectivity index (χ2n) is 5.06. The number of nitro groups is 1. The molecule has 2 aromatic rings. The normalized spacial score (nSPS) is 17.1. The van der Waals surface area contributed by atoms with Gasteiger partial charge in [0, 0.05) is 11.6 Å². The number of hydrogen-bond acceptors (Lipinski definition) is 4. The van der Waals surface area contributed by atoms with Crippen LogP contribution in [0.5, 0.6) is 11.5 Å². The van der Waals surface area contributed by atoms with Crippen molar-refractivity contribution in [3.63, 3.8) is 0 Å². The quantitative estimate of drug-likeness (QED) is 0.688. The number of ether oxygens (including phenoxy) is 1. The zero-order valence-corrected chi connectivity index (χ0v) is 11.4. The molecule has 0 bridgehead atoms. The highest BCUT2D eigenvalue weighted by atomic mass is 16.6. The van der Waals surface area contributed by atoms with Gasteiger partial charge in [0.1, 0.15) is 5.75 Å². The molecule has 0 saturated carbocycles. The second kappa shape index (κ2) is 5.54. The van der Waals surface area contributed by atoms with E-state index in [0.717, 1.165) is 30.4 Å². The summed E-state index contributed by atoms with van der Waals surface area (Å²) in [6.45, 7) is 0. The minimum Gasteiger partial charge on any atom is -0.450 e. The van der Waals surface area contributed by atoms with Crippen LogP contribution in [0.3, 0.4) is 0 Å². The molecule has 0 aromatic heterocycles. The number of aliphatic hydroxyl groups excluding tert-OH is 1. The molecule has 1 N–H and O–H groups in total. The second-order valence-corrected chi connectivity index (χ2v) is 5.06. The molecule has 0 radical (unpaired) electrons. The predicted octanol–water partition coefficient (Wildman–Crippen LogP) is 3.76. The lowest BCUT2D eigenvalue weighted by Crippen LogP contribution is -2.10. The van der Waals surface area contributed by atoms with Crippen molar-refractivity contribution in [1.82, 2.24) is 0 Å². The number of nitro benzene ring substituents is 1. The summed E-state index contributed by atoms with van der Waals surface area (Å²) in [5.74, 6) is 0.802. The Hall–Kier alpha value is -2.40. The molecule has 3 rings (SSSR count). The Morgan fingerprint density at radius 3 is 2.71 bits per heavy atom.